The maximum atomic E-state index is 11.7. The number of thioether (sulfide) groups is 1. The third-order valence-electron chi connectivity index (χ3n) is 3.46. The largest absolute Gasteiger partial charge is 0.464 e. The number of ether oxygens (including phenoxy) is 1. The molecule has 1 aromatic carbocycles. The summed E-state index contributed by atoms with van der Waals surface area (Å²) in [6.45, 7) is 2.03. The van der Waals surface area contributed by atoms with E-state index in [4.69, 9.17) is 4.74 Å². The number of rotatable bonds is 4. The molecule has 19 heavy (non-hydrogen) atoms. The van der Waals surface area contributed by atoms with Crippen LogP contribution in [0.5, 0.6) is 0 Å². The molecule has 0 saturated carbocycles. The smallest absolute Gasteiger partial charge is 0.339 e. The van der Waals surface area contributed by atoms with Crippen molar-refractivity contribution >= 4 is 17.7 Å². The van der Waals surface area contributed by atoms with E-state index < -0.39 is 12.1 Å². The van der Waals surface area contributed by atoms with Gasteiger partial charge in [-0.25, -0.2) is 4.79 Å². The van der Waals surface area contributed by atoms with Crippen LogP contribution < -0.4 is 0 Å². The zero-order valence-electron chi connectivity index (χ0n) is 11.2. The van der Waals surface area contributed by atoms with Gasteiger partial charge in [0.05, 0.1) is 6.61 Å². The Bertz CT molecular complexity index is 427. The zero-order valence-corrected chi connectivity index (χ0v) is 12.0. The molecule has 1 aliphatic heterocycles. The van der Waals surface area contributed by atoms with E-state index in [9.17, 15) is 9.90 Å². The number of hydrogen-bond donors (Lipinski definition) is 1. The maximum Gasteiger partial charge on any atom is 0.339 e. The highest BCUT2D eigenvalue weighted by molar-refractivity contribution is 7.99. The molecule has 0 amide bonds. The molecule has 104 valence electrons. The molecule has 3 nitrogen and oxygen atoms in total. The van der Waals surface area contributed by atoms with Gasteiger partial charge in [-0.15, -0.1) is 0 Å². The fourth-order valence-electron chi connectivity index (χ4n) is 2.49. The van der Waals surface area contributed by atoms with Crippen LogP contribution in [0.3, 0.4) is 0 Å². The highest BCUT2D eigenvalue weighted by Crippen LogP contribution is 2.35. The second kappa shape index (κ2) is 6.96. The summed E-state index contributed by atoms with van der Waals surface area (Å²) < 4.78 is 4.91. The van der Waals surface area contributed by atoms with Crippen molar-refractivity contribution in [3.63, 3.8) is 0 Å². The van der Waals surface area contributed by atoms with E-state index in [0.29, 0.717) is 11.5 Å². The lowest BCUT2D eigenvalue weighted by atomic mass is 9.88. The number of aliphatic hydroxyl groups excluding tert-OH is 1. The first-order chi connectivity index (χ1) is 9.24. The molecule has 1 atom stereocenters. The van der Waals surface area contributed by atoms with Crippen molar-refractivity contribution in [1.82, 2.24) is 0 Å². The van der Waals surface area contributed by atoms with Gasteiger partial charge in [0.25, 0.3) is 0 Å². The van der Waals surface area contributed by atoms with Crippen LogP contribution in [0.1, 0.15) is 42.9 Å². The van der Waals surface area contributed by atoms with E-state index in [1.807, 2.05) is 36.0 Å². The quantitative estimate of drug-likeness (QED) is 0.861. The van der Waals surface area contributed by atoms with Gasteiger partial charge in [0.2, 0.25) is 0 Å². The Balaban J connectivity index is 2.22. The van der Waals surface area contributed by atoms with Crippen molar-refractivity contribution in [2.75, 3.05) is 18.1 Å². The summed E-state index contributed by atoms with van der Waals surface area (Å²) in [5.74, 6) is 2.19. The molecule has 1 unspecified atom stereocenters. The number of esters is 1. The third kappa shape index (κ3) is 3.51. The van der Waals surface area contributed by atoms with Gasteiger partial charge in [-0.1, -0.05) is 24.3 Å². The van der Waals surface area contributed by atoms with Gasteiger partial charge in [-0.3, -0.25) is 0 Å². The second-order valence-electron chi connectivity index (χ2n) is 4.67. The summed E-state index contributed by atoms with van der Waals surface area (Å²) in [7, 11) is 0. The highest BCUT2D eigenvalue weighted by atomic mass is 32.2. The molecule has 1 aliphatic rings. The van der Waals surface area contributed by atoms with Crippen molar-refractivity contribution in [2.24, 2.45) is 0 Å². The van der Waals surface area contributed by atoms with E-state index in [1.54, 1.807) is 6.92 Å². The Morgan fingerprint density at radius 1 is 1.42 bits per heavy atom. The highest BCUT2D eigenvalue weighted by Gasteiger charge is 2.25. The molecule has 1 aromatic rings. The SMILES string of the molecule is CCOC(=O)C(O)c1ccccc1C1CCSCC1. The van der Waals surface area contributed by atoms with Crippen LogP contribution in [-0.2, 0) is 9.53 Å². The summed E-state index contributed by atoms with van der Waals surface area (Å²) >= 11 is 1.97. The molecule has 2 rings (SSSR count). The predicted molar refractivity (Wildman–Crippen MR) is 77.3 cm³/mol. The van der Waals surface area contributed by atoms with Crippen LogP contribution in [0.15, 0.2) is 24.3 Å². The number of hydrogen-bond acceptors (Lipinski definition) is 4. The molecule has 1 saturated heterocycles. The number of carbonyl (C=O) groups excluding carboxylic acids is 1. The number of benzene rings is 1. The van der Waals surface area contributed by atoms with E-state index in [0.717, 1.165) is 29.9 Å². The zero-order chi connectivity index (χ0) is 13.7. The summed E-state index contributed by atoms with van der Waals surface area (Å²) in [4.78, 5) is 11.7. The van der Waals surface area contributed by atoms with Crippen LogP contribution >= 0.6 is 11.8 Å². The summed E-state index contributed by atoms with van der Waals surface area (Å²) in [5, 5.41) is 10.2. The number of carbonyl (C=O) groups is 1. The molecule has 1 heterocycles. The van der Waals surface area contributed by atoms with Gasteiger partial charge >= 0.3 is 5.97 Å². The topological polar surface area (TPSA) is 46.5 Å². The van der Waals surface area contributed by atoms with Crippen LogP contribution in [0.4, 0.5) is 0 Å². The molecule has 4 heteroatoms. The van der Waals surface area contributed by atoms with Crippen LogP contribution in [0.25, 0.3) is 0 Å². The van der Waals surface area contributed by atoms with Crippen molar-refractivity contribution in [1.29, 1.82) is 0 Å². The molecule has 0 spiro atoms. The van der Waals surface area contributed by atoms with Crippen LogP contribution in [-0.4, -0.2) is 29.2 Å². The minimum atomic E-state index is -1.16. The Kier molecular flexibility index (Phi) is 5.28. The molecule has 1 fully saturated rings. The van der Waals surface area contributed by atoms with Gasteiger partial charge in [0.15, 0.2) is 6.10 Å². The van der Waals surface area contributed by atoms with Crippen molar-refractivity contribution in [2.45, 2.75) is 31.8 Å². The Labute approximate surface area is 118 Å². The first-order valence-electron chi connectivity index (χ1n) is 6.75. The Hall–Kier alpha value is -1.00. The second-order valence-corrected chi connectivity index (χ2v) is 5.89. The summed E-state index contributed by atoms with van der Waals surface area (Å²) in [5.41, 5.74) is 1.81. The van der Waals surface area contributed by atoms with E-state index in [2.05, 4.69) is 0 Å². The standard InChI is InChI=1S/C15H20O3S/c1-2-18-15(17)14(16)13-6-4-3-5-12(13)11-7-9-19-10-8-11/h3-6,11,14,16H,2,7-10H2,1H3. The maximum absolute atomic E-state index is 11.7. The number of aliphatic hydroxyl groups is 1. The fraction of sp³-hybridized carbons (Fsp3) is 0.533. The van der Waals surface area contributed by atoms with Gasteiger partial charge in [-0.05, 0) is 48.3 Å². The normalized spacial score (nSPS) is 18.0. The van der Waals surface area contributed by atoms with E-state index in [-0.39, 0.29) is 6.61 Å². The molecular formula is C15H20O3S. The first-order valence-corrected chi connectivity index (χ1v) is 7.90. The lowest BCUT2D eigenvalue weighted by Gasteiger charge is -2.25. The average molecular weight is 280 g/mol. The monoisotopic (exact) mass is 280 g/mol. The molecule has 0 aliphatic carbocycles. The Morgan fingerprint density at radius 2 is 2.11 bits per heavy atom. The van der Waals surface area contributed by atoms with Crippen LogP contribution in [0, 0.1) is 0 Å². The molecular weight excluding hydrogens is 260 g/mol. The predicted octanol–water partition coefficient (Wildman–Crippen LogP) is 2.89. The lowest BCUT2D eigenvalue weighted by Crippen LogP contribution is -2.19. The lowest BCUT2D eigenvalue weighted by molar-refractivity contribution is -0.153. The fourth-order valence-corrected chi connectivity index (χ4v) is 3.59. The minimum Gasteiger partial charge on any atom is -0.464 e. The molecule has 1 N–H and O–H groups in total. The minimum absolute atomic E-state index is 0.290. The third-order valence-corrected chi connectivity index (χ3v) is 4.51. The van der Waals surface area contributed by atoms with Crippen LogP contribution in [0.2, 0.25) is 0 Å². The first kappa shape index (κ1) is 14.4. The van der Waals surface area contributed by atoms with Gasteiger partial charge < -0.3 is 9.84 Å². The van der Waals surface area contributed by atoms with Crippen molar-refractivity contribution in [3.8, 4) is 0 Å². The van der Waals surface area contributed by atoms with Crippen molar-refractivity contribution in [3.05, 3.63) is 35.4 Å². The molecule has 0 bridgehead atoms. The summed E-state index contributed by atoms with van der Waals surface area (Å²) in [6.07, 6.45) is 1.06. The molecule has 0 aromatic heterocycles. The average Bonchev–Trinajstić information content (AvgIpc) is 2.47. The Morgan fingerprint density at radius 3 is 2.79 bits per heavy atom. The molecule has 0 radical (unpaired) electrons. The van der Waals surface area contributed by atoms with E-state index in [1.165, 1.54) is 0 Å². The van der Waals surface area contributed by atoms with Gasteiger partial charge in [-0.2, -0.15) is 11.8 Å². The van der Waals surface area contributed by atoms with Crippen molar-refractivity contribution < 1.29 is 14.6 Å². The van der Waals surface area contributed by atoms with Gasteiger partial charge in [0.1, 0.15) is 0 Å². The van der Waals surface area contributed by atoms with E-state index >= 15 is 0 Å². The van der Waals surface area contributed by atoms with Gasteiger partial charge in [0, 0.05) is 0 Å². The summed E-state index contributed by atoms with van der Waals surface area (Å²) in [6, 6.07) is 7.69.